The Morgan fingerprint density at radius 3 is 2.42 bits per heavy atom. The van der Waals surface area contributed by atoms with Crippen LogP contribution >= 0.6 is 15.9 Å². The van der Waals surface area contributed by atoms with E-state index in [2.05, 4.69) is 21.0 Å². The first-order chi connectivity index (χ1) is 5.46. The Hall–Kier alpha value is -0.640. The fourth-order valence-corrected chi connectivity index (χ4v) is 1.71. The molecule has 0 saturated heterocycles. The normalized spacial score (nSPS) is 11.7. The van der Waals surface area contributed by atoms with E-state index in [4.69, 9.17) is 0 Å². The van der Waals surface area contributed by atoms with Crippen molar-refractivity contribution in [3.63, 3.8) is 0 Å². The topological polar surface area (TPSA) is 34.9 Å². The van der Waals surface area contributed by atoms with E-state index in [1.807, 2.05) is 20.8 Å². The highest BCUT2D eigenvalue weighted by atomic mass is 79.9. The largest absolute Gasteiger partial charge is 0.298 e. The van der Waals surface area contributed by atoms with Crippen LogP contribution in [0.25, 0.3) is 0 Å². The number of hydrogen-bond donors (Lipinski definition) is 0. The lowest BCUT2D eigenvalue weighted by Crippen LogP contribution is -2.23. The average molecular weight is 231 g/mol. The Labute approximate surface area is 79.9 Å². The molecule has 0 aromatic carbocycles. The second kappa shape index (κ2) is 3.01. The van der Waals surface area contributed by atoms with Crippen molar-refractivity contribution in [1.82, 2.24) is 9.78 Å². The zero-order chi connectivity index (χ0) is 9.35. The molecule has 0 aliphatic heterocycles. The first kappa shape index (κ1) is 9.45. The van der Waals surface area contributed by atoms with Crippen molar-refractivity contribution in [2.24, 2.45) is 0 Å². The van der Waals surface area contributed by atoms with Gasteiger partial charge in [0.15, 0.2) is 6.29 Å². The minimum Gasteiger partial charge on any atom is -0.298 e. The number of nitrogens with zero attached hydrogens (tertiary/aromatic N) is 2. The van der Waals surface area contributed by atoms with Crippen LogP contribution in [0.2, 0.25) is 0 Å². The minimum absolute atomic E-state index is 0.0971. The van der Waals surface area contributed by atoms with Gasteiger partial charge in [-0.15, -0.1) is 0 Å². The van der Waals surface area contributed by atoms with Crippen LogP contribution in [0.5, 0.6) is 0 Å². The SMILES string of the molecule is CC(C)(C)n1ncc(C=O)c1Br. The molecule has 0 N–H and O–H groups in total. The van der Waals surface area contributed by atoms with Crippen LogP contribution < -0.4 is 0 Å². The Balaban J connectivity index is 3.19. The van der Waals surface area contributed by atoms with Gasteiger partial charge in [0, 0.05) is 0 Å². The lowest BCUT2D eigenvalue weighted by molar-refractivity contribution is 0.112. The molecule has 0 radical (unpaired) electrons. The smallest absolute Gasteiger partial charge is 0.154 e. The fraction of sp³-hybridized carbons (Fsp3) is 0.500. The standard InChI is InChI=1S/C8H11BrN2O/c1-8(2,3)11-7(9)6(5-12)4-10-11/h4-5H,1-3H3. The molecule has 0 fully saturated rings. The summed E-state index contributed by atoms with van der Waals surface area (Å²) in [5.74, 6) is 0. The number of rotatable bonds is 1. The zero-order valence-corrected chi connectivity index (χ0v) is 8.92. The molecule has 1 aromatic rings. The molecule has 3 nitrogen and oxygen atoms in total. The highest BCUT2D eigenvalue weighted by Crippen LogP contribution is 2.22. The second-order valence-corrected chi connectivity index (χ2v) is 4.34. The molecule has 0 saturated carbocycles. The van der Waals surface area contributed by atoms with Crippen molar-refractivity contribution in [2.45, 2.75) is 26.3 Å². The third kappa shape index (κ3) is 1.58. The van der Waals surface area contributed by atoms with Crippen molar-refractivity contribution in [1.29, 1.82) is 0 Å². The summed E-state index contributed by atoms with van der Waals surface area (Å²) in [5.41, 5.74) is 0.491. The Bertz CT molecular complexity index is 298. The van der Waals surface area contributed by atoms with Crippen LogP contribution in [0.15, 0.2) is 10.8 Å². The molecule has 0 spiro atoms. The van der Waals surface area contributed by atoms with E-state index >= 15 is 0 Å². The van der Waals surface area contributed by atoms with Crippen molar-refractivity contribution < 1.29 is 4.79 Å². The Kier molecular flexibility index (Phi) is 2.37. The number of halogens is 1. The summed E-state index contributed by atoms with van der Waals surface area (Å²) >= 11 is 3.32. The van der Waals surface area contributed by atoms with Gasteiger partial charge in [-0.05, 0) is 36.7 Å². The monoisotopic (exact) mass is 230 g/mol. The number of carbonyl (C=O) groups is 1. The van der Waals surface area contributed by atoms with Gasteiger partial charge in [-0.1, -0.05) is 0 Å². The van der Waals surface area contributed by atoms with E-state index in [-0.39, 0.29) is 5.54 Å². The van der Waals surface area contributed by atoms with E-state index in [0.29, 0.717) is 5.56 Å². The predicted molar refractivity (Wildman–Crippen MR) is 50.3 cm³/mol. The maximum Gasteiger partial charge on any atom is 0.154 e. The predicted octanol–water partition coefficient (Wildman–Crippen LogP) is 2.21. The van der Waals surface area contributed by atoms with Gasteiger partial charge in [-0.3, -0.25) is 9.48 Å². The quantitative estimate of drug-likeness (QED) is 0.694. The van der Waals surface area contributed by atoms with Crippen LogP contribution in [0, 0.1) is 0 Å². The number of hydrogen-bond acceptors (Lipinski definition) is 2. The molecule has 0 aliphatic carbocycles. The van der Waals surface area contributed by atoms with Gasteiger partial charge in [0.05, 0.1) is 17.3 Å². The fourth-order valence-electron chi connectivity index (χ4n) is 0.893. The van der Waals surface area contributed by atoms with Crippen LogP contribution in [-0.2, 0) is 5.54 Å². The van der Waals surface area contributed by atoms with Gasteiger partial charge in [-0.25, -0.2) is 0 Å². The molecule has 1 rings (SSSR count). The van der Waals surface area contributed by atoms with Gasteiger partial charge in [0.1, 0.15) is 4.60 Å². The summed E-state index contributed by atoms with van der Waals surface area (Å²) in [6.07, 6.45) is 2.35. The van der Waals surface area contributed by atoms with E-state index in [1.54, 1.807) is 10.9 Å². The third-order valence-electron chi connectivity index (χ3n) is 1.50. The molecular formula is C8H11BrN2O. The Morgan fingerprint density at radius 2 is 2.17 bits per heavy atom. The molecule has 12 heavy (non-hydrogen) atoms. The number of carbonyl (C=O) groups excluding carboxylic acids is 1. The summed E-state index contributed by atoms with van der Waals surface area (Å²) in [7, 11) is 0. The lowest BCUT2D eigenvalue weighted by Gasteiger charge is -2.20. The summed E-state index contributed by atoms with van der Waals surface area (Å²) in [4.78, 5) is 10.5. The maximum absolute atomic E-state index is 10.5. The molecule has 0 bridgehead atoms. The molecule has 1 aromatic heterocycles. The first-order valence-corrected chi connectivity index (χ1v) is 4.45. The van der Waals surface area contributed by atoms with Crippen molar-refractivity contribution in [3.8, 4) is 0 Å². The summed E-state index contributed by atoms with van der Waals surface area (Å²) < 4.78 is 2.52. The minimum atomic E-state index is -0.0971. The van der Waals surface area contributed by atoms with Crippen molar-refractivity contribution in [3.05, 3.63) is 16.4 Å². The second-order valence-electron chi connectivity index (χ2n) is 3.59. The van der Waals surface area contributed by atoms with Gasteiger partial charge in [0.25, 0.3) is 0 Å². The molecule has 0 unspecified atom stereocenters. The first-order valence-electron chi connectivity index (χ1n) is 3.66. The van der Waals surface area contributed by atoms with Crippen LogP contribution in [0.3, 0.4) is 0 Å². The molecule has 4 heteroatoms. The van der Waals surface area contributed by atoms with Crippen LogP contribution in [-0.4, -0.2) is 16.1 Å². The highest BCUT2D eigenvalue weighted by Gasteiger charge is 2.18. The highest BCUT2D eigenvalue weighted by molar-refractivity contribution is 9.10. The summed E-state index contributed by atoms with van der Waals surface area (Å²) in [6, 6.07) is 0. The number of aldehydes is 1. The van der Waals surface area contributed by atoms with Crippen molar-refractivity contribution >= 4 is 22.2 Å². The van der Waals surface area contributed by atoms with Crippen LogP contribution in [0.1, 0.15) is 31.1 Å². The van der Waals surface area contributed by atoms with Gasteiger partial charge < -0.3 is 0 Å². The molecule has 66 valence electrons. The lowest BCUT2D eigenvalue weighted by atomic mass is 10.1. The molecule has 0 amide bonds. The third-order valence-corrected chi connectivity index (χ3v) is 2.29. The number of aromatic nitrogens is 2. The molecule has 0 aliphatic rings. The van der Waals surface area contributed by atoms with Gasteiger partial charge in [-0.2, -0.15) is 5.10 Å². The van der Waals surface area contributed by atoms with Crippen molar-refractivity contribution in [2.75, 3.05) is 0 Å². The van der Waals surface area contributed by atoms with E-state index in [0.717, 1.165) is 10.9 Å². The Morgan fingerprint density at radius 1 is 1.58 bits per heavy atom. The van der Waals surface area contributed by atoms with E-state index in [1.165, 1.54) is 0 Å². The molecular weight excluding hydrogens is 220 g/mol. The van der Waals surface area contributed by atoms with Gasteiger partial charge in [0.2, 0.25) is 0 Å². The maximum atomic E-state index is 10.5. The summed E-state index contributed by atoms with van der Waals surface area (Å²) in [5, 5.41) is 4.10. The zero-order valence-electron chi connectivity index (χ0n) is 7.34. The molecule has 0 atom stereocenters. The van der Waals surface area contributed by atoms with Crippen LogP contribution in [0.4, 0.5) is 0 Å². The van der Waals surface area contributed by atoms with E-state index < -0.39 is 0 Å². The van der Waals surface area contributed by atoms with E-state index in [9.17, 15) is 4.79 Å². The van der Waals surface area contributed by atoms with Gasteiger partial charge >= 0.3 is 0 Å². The summed E-state index contributed by atoms with van der Waals surface area (Å²) in [6.45, 7) is 6.08. The average Bonchev–Trinajstić information content (AvgIpc) is 2.29. The molecule has 1 heterocycles.